The Morgan fingerprint density at radius 1 is 1.30 bits per heavy atom. The molecule has 0 unspecified atom stereocenters. The van der Waals surface area contributed by atoms with Crippen LogP contribution in [0.3, 0.4) is 0 Å². The van der Waals surface area contributed by atoms with Gasteiger partial charge in [0.25, 0.3) is 0 Å². The first-order chi connectivity index (χ1) is 13.1. The number of carbonyl (C=O) groups is 2. The van der Waals surface area contributed by atoms with E-state index < -0.39 is 6.03 Å². The quantitative estimate of drug-likeness (QED) is 0.466. The molecule has 1 aromatic carbocycles. The van der Waals surface area contributed by atoms with Crippen molar-refractivity contribution in [1.82, 2.24) is 4.98 Å². The summed E-state index contributed by atoms with van der Waals surface area (Å²) in [7, 11) is 0. The van der Waals surface area contributed by atoms with E-state index in [1.54, 1.807) is 24.0 Å². The molecule has 1 aliphatic carbocycles. The van der Waals surface area contributed by atoms with E-state index in [9.17, 15) is 9.59 Å². The molecule has 2 amide bonds. The number of carbonyl (C=O) groups excluding carboxylic acids is 2. The van der Waals surface area contributed by atoms with Gasteiger partial charge in [-0.25, -0.2) is 9.78 Å². The molecule has 0 atom stereocenters. The van der Waals surface area contributed by atoms with Crippen molar-refractivity contribution in [3.8, 4) is 0 Å². The Balaban J connectivity index is 1.68. The number of hydrogen-bond donors (Lipinski definition) is 3. The number of aromatic nitrogens is 1. The van der Waals surface area contributed by atoms with E-state index in [0.717, 1.165) is 41.2 Å². The van der Waals surface area contributed by atoms with Crippen LogP contribution in [0.25, 0.3) is 0 Å². The van der Waals surface area contributed by atoms with Gasteiger partial charge >= 0.3 is 6.03 Å². The van der Waals surface area contributed by atoms with Gasteiger partial charge in [0.05, 0.1) is 16.1 Å². The minimum Gasteiger partial charge on any atom is -0.330 e. The van der Waals surface area contributed by atoms with E-state index in [1.807, 2.05) is 19.1 Å². The number of nitrogens with two attached hydrogens (primary N) is 1. The Labute approximate surface area is 167 Å². The monoisotopic (exact) mass is 404 g/mol. The first-order valence-electron chi connectivity index (χ1n) is 9.08. The van der Waals surface area contributed by atoms with Crippen molar-refractivity contribution in [3.05, 3.63) is 35.5 Å². The SMILES string of the molecule is Cc1ccc(NC(=O)Nc2ncc(SCCN)s2)c(C(=O)C2CCCC2)c1. The molecule has 1 fully saturated rings. The highest BCUT2D eigenvalue weighted by Crippen LogP contribution is 2.31. The summed E-state index contributed by atoms with van der Waals surface area (Å²) >= 11 is 3.01. The molecule has 4 N–H and O–H groups in total. The summed E-state index contributed by atoms with van der Waals surface area (Å²) in [5.41, 5.74) is 7.64. The number of thiazole rings is 1. The molecule has 8 heteroatoms. The first-order valence-corrected chi connectivity index (χ1v) is 10.9. The molecule has 144 valence electrons. The average molecular weight is 405 g/mol. The standard InChI is InChI=1S/C19H24N4O2S2/c1-12-6-7-15(14(10-12)17(24)13-4-2-3-5-13)22-18(25)23-19-21-11-16(27-19)26-9-8-20/h6-7,10-11,13H,2-5,8-9,20H2,1H3,(H2,21,22,23,25). The fraction of sp³-hybridized carbons (Fsp3) is 0.421. The number of nitrogens with one attached hydrogen (secondary N) is 2. The summed E-state index contributed by atoms with van der Waals surface area (Å²) in [6, 6.07) is 5.15. The van der Waals surface area contributed by atoms with Crippen LogP contribution in [0.5, 0.6) is 0 Å². The second-order valence-corrected chi connectivity index (χ2v) is 9.02. The number of anilines is 2. The predicted octanol–water partition coefficient (Wildman–Crippen LogP) is 4.52. The van der Waals surface area contributed by atoms with Gasteiger partial charge in [0.1, 0.15) is 0 Å². The van der Waals surface area contributed by atoms with Gasteiger partial charge in [0.2, 0.25) is 0 Å². The molecule has 1 saturated carbocycles. The van der Waals surface area contributed by atoms with Gasteiger partial charge in [-0.2, -0.15) is 0 Å². The van der Waals surface area contributed by atoms with E-state index >= 15 is 0 Å². The molecule has 0 aliphatic heterocycles. The fourth-order valence-corrected chi connectivity index (χ4v) is 4.89. The van der Waals surface area contributed by atoms with Gasteiger partial charge in [-0.15, -0.1) is 11.8 Å². The second-order valence-electron chi connectivity index (χ2n) is 6.60. The van der Waals surface area contributed by atoms with E-state index in [1.165, 1.54) is 11.3 Å². The molecule has 1 heterocycles. The molecule has 27 heavy (non-hydrogen) atoms. The van der Waals surface area contributed by atoms with Crippen molar-refractivity contribution in [2.45, 2.75) is 36.8 Å². The predicted molar refractivity (Wildman–Crippen MR) is 112 cm³/mol. The molecule has 2 aromatic rings. The largest absolute Gasteiger partial charge is 0.330 e. The number of nitrogens with zero attached hydrogens (tertiary/aromatic N) is 1. The third-order valence-corrected chi connectivity index (χ3v) is 6.62. The Hall–Kier alpha value is -1.90. The number of thioether (sulfide) groups is 1. The molecule has 6 nitrogen and oxygen atoms in total. The minimum absolute atomic E-state index is 0.0662. The molecule has 1 aromatic heterocycles. The molecule has 0 bridgehead atoms. The van der Waals surface area contributed by atoms with Gasteiger partial charge in [0, 0.05) is 23.8 Å². The van der Waals surface area contributed by atoms with E-state index in [2.05, 4.69) is 15.6 Å². The third kappa shape index (κ3) is 5.31. The van der Waals surface area contributed by atoms with Crippen LogP contribution in [0, 0.1) is 12.8 Å². The maximum absolute atomic E-state index is 12.9. The van der Waals surface area contributed by atoms with Crippen LogP contribution in [0.15, 0.2) is 28.6 Å². The van der Waals surface area contributed by atoms with Crippen LogP contribution >= 0.6 is 23.1 Å². The lowest BCUT2D eigenvalue weighted by Gasteiger charge is -2.14. The van der Waals surface area contributed by atoms with Gasteiger partial charge < -0.3 is 11.1 Å². The van der Waals surface area contributed by atoms with Crippen molar-refractivity contribution in [1.29, 1.82) is 0 Å². The van der Waals surface area contributed by atoms with Gasteiger partial charge in [-0.3, -0.25) is 10.1 Å². The van der Waals surface area contributed by atoms with E-state index in [0.29, 0.717) is 22.9 Å². The van der Waals surface area contributed by atoms with E-state index in [4.69, 9.17) is 5.73 Å². The molecular formula is C19H24N4O2S2. The minimum atomic E-state index is -0.399. The topological polar surface area (TPSA) is 97.1 Å². The van der Waals surface area contributed by atoms with Crippen molar-refractivity contribution in [2.24, 2.45) is 11.7 Å². The van der Waals surface area contributed by atoms with Gasteiger partial charge in [-0.1, -0.05) is 35.8 Å². The molecule has 0 saturated heterocycles. The molecular weight excluding hydrogens is 380 g/mol. The van der Waals surface area contributed by atoms with Crippen LogP contribution in [0.1, 0.15) is 41.6 Å². The second kappa shape index (κ2) is 9.34. The van der Waals surface area contributed by atoms with Crippen molar-refractivity contribution in [3.63, 3.8) is 0 Å². The van der Waals surface area contributed by atoms with Crippen LogP contribution in [0.4, 0.5) is 15.6 Å². The summed E-state index contributed by atoms with van der Waals surface area (Å²) in [6.45, 7) is 2.54. The Morgan fingerprint density at radius 3 is 2.81 bits per heavy atom. The highest BCUT2D eigenvalue weighted by molar-refractivity contribution is 8.01. The average Bonchev–Trinajstić information content (AvgIpc) is 3.33. The lowest BCUT2D eigenvalue weighted by molar-refractivity contribution is 0.0923. The molecule has 0 spiro atoms. The van der Waals surface area contributed by atoms with Gasteiger partial charge in [0.15, 0.2) is 10.9 Å². The summed E-state index contributed by atoms with van der Waals surface area (Å²) in [5, 5.41) is 6.07. The molecule has 1 aliphatic rings. The summed E-state index contributed by atoms with van der Waals surface area (Å²) < 4.78 is 1.00. The number of amides is 2. The first kappa shape index (κ1) is 19.9. The van der Waals surface area contributed by atoms with Crippen LogP contribution in [-0.2, 0) is 0 Å². The van der Waals surface area contributed by atoms with Gasteiger partial charge in [-0.05, 0) is 31.9 Å². The zero-order valence-electron chi connectivity index (χ0n) is 15.3. The lowest BCUT2D eigenvalue weighted by atomic mass is 9.94. The third-order valence-electron chi connectivity index (χ3n) is 4.48. The number of hydrogen-bond acceptors (Lipinski definition) is 6. The summed E-state index contributed by atoms with van der Waals surface area (Å²) in [4.78, 5) is 29.5. The van der Waals surface area contributed by atoms with Crippen molar-refractivity contribution in [2.75, 3.05) is 22.9 Å². The van der Waals surface area contributed by atoms with Crippen LogP contribution < -0.4 is 16.4 Å². The number of benzene rings is 1. The fourth-order valence-electron chi connectivity index (χ4n) is 3.17. The van der Waals surface area contributed by atoms with Crippen LogP contribution in [0.2, 0.25) is 0 Å². The van der Waals surface area contributed by atoms with Crippen molar-refractivity contribution >= 4 is 45.7 Å². The number of urea groups is 1. The highest BCUT2D eigenvalue weighted by Gasteiger charge is 2.26. The number of rotatable bonds is 7. The lowest BCUT2D eigenvalue weighted by Crippen LogP contribution is -2.22. The Morgan fingerprint density at radius 2 is 2.07 bits per heavy atom. The summed E-state index contributed by atoms with van der Waals surface area (Å²) in [5.74, 6) is 1.00. The van der Waals surface area contributed by atoms with E-state index in [-0.39, 0.29) is 11.7 Å². The molecule has 3 rings (SSSR count). The maximum Gasteiger partial charge on any atom is 0.325 e. The van der Waals surface area contributed by atoms with Crippen molar-refractivity contribution < 1.29 is 9.59 Å². The molecule has 0 radical (unpaired) electrons. The number of ketones is 1. The summed E-state index contributed by atoms with van der Waals surface area (Å²) in [6.07, 6.45) is 5.78. The zero-order chi connectivity index (χ0) is 19.2. The highest BCUT2D eigenvalue weighted by atomic mass is 32.2. The smallest absolute Gasteiger partial charge is 0.325 e. The number of aryl methyl sites for hydroxylation is 1. The maximum atomic E-state index is 12.9. The Bertz CT molecular complexity index is 816. The number of Topliss-reactive ketones (excluding diaryl/α,β-unsaturated/α-hetero) is 1. The van der Waals surface area contributed by atoms with Crippen LogP contribution in [-0.4, -0.2) is 29.1 Å². The Kier molecular flexibility index (Phi) is 6.87. The zero-order valence-corrected chi connectivity index (χ0v) is 16.9. The normalized spacial score (nSPS) is 14.3.